The molecule has 30 heavy (non-hydrogen) atoms. The lowest BCUT2D eigenvalue weighted by Crippen LogP contribution is -2.16. The third-order valence-electron chi connectivity index (χ3n) is 3.51. The zero-order valence-electron chi connectivity index (χ0n) is 14.7. The molecule has 2 N–H and O–H groups in total. The van der Waals surface area contributed by atoms with Crippen molar-refractivity contribution in [3.63, 3.8) is 0 Å². The van der Waals surface area contributed by atoms with Crippen molar-refractivity contribution in [1.82, 2.24) is 0 Å². The summed E-state index contributed by atoms with van der Waals surface area (Å²) in [5, 5.41) is 23.9. The number of phenolic OH excluding ortho intramolecular Hbond substituents is 1. The highest BCUT2D eigenvalue weighted by atomic mass is 19.4. The number of aromatic hydroxyl groups is 1. The van der Waals surface area contributed by atoms with Crippen LogP contribution in [0.15, 0.2) is 17.2 Å². The number of benzene rings is 2. The van der Waals surface area contributed by atoms with Crippen molar-refractivity contribution in [2.45, 2.75) is 13.1 Å². The molecule has 0 heterocycles. The van der Waals surface area contributed by atoms with E-state index >= 15 is 0 Å². The number of hydrogen-bond acceptors (Lipinski definition) is 6. The summed E-state index contributed by atoms with van der Waals surface area (Å²) in [5.41, 5.74) is -3.88. The van der Waals surface area contributed by atoms with Gasteiger partial charge >= 0.3 is 11.9 Å². The van der Waals surface area contributed by atoms with Crippen LogP contribution >= 0.6 is 0 Å². The molecule has 0 spiro atoms. The Labute approximate surface area is 162 Å². The maximum absolute atomic E-state index is 13.8. The van der Waals surface area contributed by atoms with Crippen LogP contribution in [-0.4, -0.2) is 22.9 Å². The van der Waals surface area contributed by atoms with Gasteiger partial charge in [-0.1, -0.05) is 0 Å². The maximum atomic E-state index is 13.8. The van der Waals surface area contributed by atoms with Gasteiger partial charge in [0.15, 0.2) is 29.0 Å². The predicted octanol–water partition coefficient (Wildman–Crippen LogP) is 4.72. The van der Waals surface area contributed by atoms with Crippen molar-refractivity contribution < 1.29 is 45.5 Å². The zero-order chi connectivity index (χ0) is 22.8. The van der Waals surface area contributed by atoms with Gasteiger partial charge in [-0.25, -0.2) is 17.6 Å². The number of nitrogens with zero attached hydrogens (tertiary/aromatic N) is 2. The summed E-state index contributed by atoms with van der Waals surface area (Å²) in [6.07, 6.45) is -5.01. The molecule has 0 fully saturated rings. The molecule has 7 nitrogen and oxygen atoms in total. The van der Waals surface area contributed by atoms with Gasteiger partial charge in [0.05, 0.1) is 17.7 Å². The molecular weight excluding hydrogens is 431 g/mol. The normalized spacial score (nSPS) is 11.7. The first-order valence-corrected chi connectivity index (χ1v) is 7.76. The largest absolute Gasteiger partial charge is 0.500 e. The average molecular weight is 441 g/mol. The number of hydrazone groups is 1. The number of ether oxygens (including phenoxy) is 1. The van der Waals surface area contributed by atoms with Crippen LogP contribution in [0, 0.1) is 33.4 Å². The molecule has 2 rings (SSSR count). The summed E-state index contributed by atoms with van der Waals surface area (Å²) >= 11 is 0. The van der Waals surface area contributed by atoms with E-state index in [0.29, 0.717) is 6.21 Å². The number of rotatable bonds is 6. The fourth-order valence-electron chi connectivity index (χ4n) is 2.24. The summed E-state index contributed by atoms with van der Waals surface area (Å²) in [5.74, 6) is -11.3. The van der Waals surface area contributed by atoms with E-state index in [0.717, 1.165) is 12.1 Å². The third kappa shape index (κ3) is 4.36. The Morgan fingerprint density at radius 3 is 2.20 bits per heavy atom. The van der Waals surface area contributed by atoms with Crippen molar-refractivity contribution in [2.24, 2.45) is 5.10 Å². The van der Waals surface area contributed by atoms with Gasteiger partial charge in [0.2, 0.25) is 5.75 Å². The van der Waals surface area contributed by atoms with Gasteiger partial charge in [-0.15, -0.1) is 0 Å². The lowest BCUT2D eigenvalue weighted by molar-refractivity contribution is -0.386. The quantitative estimate of drug-likeness (QED) is 0.222. The second-order valence-electron chi connectivity index (χ2n) is 5.45. The highest BCUT2D eigenvalue weighted by molar-refractivity contribution is 5.83. The minimum absolute atomic E-state index is 0.00406. The molecule has 0 saturated heterocycles. The van der Waals surface area contributed by atoms with E-state index in [1.165, 1.54) is 12.3 Å². The van der Waals surface area contributed by atoms with Crippen LogP contribution in [0.3, 0.4) is 0 Å². The molecule has 0 unspecified atom stereocenters. The van der Waals surface area contributed by atoms with Crippen LogP contribution in [0.5, 0.6) is 11.5 Å². The first-order chi connectivity index (χ1) is 13.9. The van der Waals surface area contributed by atoms with Crippen molar-refractivity contribution in [2.75, 3.05) is 12.0 Å². The Balaban J connectivity index is 2.44. The first-order valence-electron chi connectivity index (χ1n) is 7.76. The van der Waals surface area contributed by atoms with Crippen LogP contribution in [0.4, 0.5) is 42.1 Å². The Morgan fingerprint density at radius 1 is 1.17 bits per heavy atom. The highest BCUT2D eigenvalue weighted by Crippen LogP contribution is 2.39. The summed E-state index contributed by atoms with van der Waals surface area (Å²) in [6.45, 7) is 1.51. The minimum atomic E-state index is -5.70. The smallest absolute Gasteiger partial charge is 0.422 e. The van der Waals surface area contributed by atoms with Gasteiger partial charge in [0.25, 0.3) is 0 Å². The third-order valence-corrected chi connectivity index (χ3v) is 3.51. The first kappa shape index (κ1) is 22.7. The van der Waals surface area contributed by atoms with Gasteiger partial charge in [0.1, 0.15) is 11.3 Å². The maximum Gasteiger partial charge on any atom is 0.422 e. The van der Waals surface area contributed by atoms with Crippen LogP contribution in [0.2, 0.25) is 0 Å². The molecule has 0 amide bonds. The van der Waals surface area contributed by atoms with Crippen LogP contribution in [-0.2, 0) is 6.18 Å². The summed E-state index contributed by atoms with van der Waals surface area (Å²) in [7, 11) is 0. The lowest BCUT2D eigenvalue weighted by atomic mass is 10.1. The van der Waals surface area contributed by atoms with E-state index in [1.807, 2.05) is 0 Å². The molecule has 0 saturated carbocycles. The number of alkyl halides is 3. The van der Waals surface area contributed by atoms with Gasteiger partial charge in [0, 0.05) is 11.6 Å². The van der Waals surface area contributed by atoms with E-state index in [1.54, 1.807) is 0 Å². The SMILES string of the molecule is CCOc1cc(/C=N\Nc2c(F)c(F)c(C(F)(F)F)c(F)c2F)cc([N+](=O)[O-])c1O. The molecule has 0 aliphatic rings. The molecule has 0 aromatic heterocycles. The van der Waals surface area contributed by atoms with E-state index in [-0.39, 0.29) is 17.9 Å². The number of phenols is 1. The van der Waals surface area contributed by atoms with E-state index in [4.69, 9.17) is 4.74 Å². The van der Waals surface area contributed by atoms with Gasteiger partial charge in [-0.2, -0.15) is 18.3 Å². The molecule has 2 aromatic carbocycles. The van der Waals surface area contributed by atoms with Crippen molar-refractivity contribution >= 4 is 17.6 Å². The molecular formula is C16H10F7N3O4. The average Bonchev–Trinajstić information content (AvgIpc) is 2.64. The number of nitrogens with one attached hydrogen (secondary N) is 1. The second-order valence-corrected chi connectivity index (χ2v) is 5.45. The second kappa shape index (κ2) is 8.42. The molecule has 0 radical (unpaired) electrons. The molecule has 14 heteroatoms. The Hall–Kier alpha value is -3.58. The number of nitro benzene ring substituents is 1. The summed E-state index contributed by atoms with van der Waals surface area (Å²) in [6, 6.07) is 1.82. The summed E-state index contributed by atoms with van der Waals surface area (Å²) < 4.78 is 97.4. The molecule has 0 bridgehead atoms. The Kier molecular flexibility index (Phi) is 6.38. The highest BCUT2D eigenvalue weighted by Gasteiger charge is 2.42. The minimum Gasteiger partial charge on any atom is -0.500 e. The molecule has 0 aliphatic carbocycles. The zero-order valence-corrected chi connectivity index (χ0v) is 14.7. The summed E-state index contributed by atoms with van der Waals surface area (Å²) in [4.78, 5) is 9.99. The van der Waals surface area contributed by atoms with E-state index < -0.39 is 57.1 Å². The number of nitro groups is 1. The van der Waals surface area contributed by atoms with Crippen molar-refractivity contribution in [3.05, 3.63) is 56.6 Å². The fourth-order valence-corrected chi connectivity index (χ4v) is 2.24. The van der Waals surface area contributed by atoms with Gasteiger partial charge in [-0.3, -0.25) is 15.5 Å². The van der Waals surface area contributed by atoms with Gasteiger partial charge < -0.3 is 9.84 Å². The molecule has 0 aliphatic heterocycles. The number of hydrogen-bond donors (Lipinski definition) is 2. The lowest BCUT2D eigenvalue weighted by Gasteiger charge is -2.13. The molecule has 0 atom stereocenters. The van der Waals surface area contributed by atoms with Gasteiger partial charge in [-0.05, 0) is 13.0 Å². The van der Waals surface area contributed by atoms with E-state index in [2.05, 4.69) is 5.10 Å². The standard InChI is InChI=1S/C16H10F7N3O4/c1-2-30-8-4-6(3-7(15(8)27)26(28)29)5-24-25-14-12(19)10(17)9(16(21,22)23)11(18)13(14)20/h3-5,25,27H,2H2,1H3/b24-5-. The number of anilines is 1. The fraction of sp³-hybridized carbons (Fsp3) is 0.188. The van der Waals surface area contributed by atoms with Crippen molar-refractivity contribution in [3.8, 4) is 11.5 Å². The van der Waals surface area contributed by atoms with Crippen LogP contribution < -0.4 is 10.2 Å². The van der Waals surface area contributed by atoms with Crippen LogP contribution in [0.25, 0.3) is 0 Å². The molecule has 162 valence electrons. The number of halogens is 7. The monoisotopic (exact) mass is 441 g/mol. The topological polar surface area (TPSA) is 97.0 Å². The Morgan fingerprint density at radius 2 is 1.73 bits per heavy atom. The predicted molar refractivity (Wildman–Crippen MR) is 88.4 cm³/mol. The van der Waals surface area contributed by atoms with Crippen molar-refractivity contribution in [1.29, 1.82) is 0 Å². The Bertz CT molecular complexity index is 996. The molecule has 2 aromatic rings. The van der Waals surface area contributed by atoms with E-state index in [9.17, 15) is 46.0 Å². The van der Waals surface area contributed by atoms with Crippen LogP contribution in [0.1, 0.15) is 18.1 Å².